The zero-order chi connectivity index (χ0) is 17.6. The summed E-state index contributed by atoms with van der Waals surface area (Å²) in [6.45, 7) is 9.24. The van der Waals surface area contributed by atoms with Crippen molar-refractivity contribution >= 4 is 49.3 Å². The van der Waals surface area contributed by atoms with Crippen LogP contribution in [-0.4, -0.2) is 47.4 Å². The molecule has 5 nitrogen and oxygen atoms in total. The van der Waals surface area contributed by atoms with E-state index in [1.54, 1.807) is 18.3 Å². The maximum absolute atomic E-state index is 12.2. The number of rotatable bonds is 7. The molecule has 0 aliphatic heterocycles. The first-order chi connectivity index (χ1) is 10.6. The lowest BCUT2D eigenvalue weighted by atomic mass is 10.2. The summed E-state index contributed by atoms with van der Waals surface area (Å²) >= 11 is 8.59. The van der Waals surface area contributed by atoms with Gasteiger partial charge in [0.25, 0.3) is 0 Å². The number of aliphatic hydroxyl groups is 1. The molecular weight excluding hydrogens is 448 g/mol. The molecule has 1 aromatic rings. The number of aliphatic hydroxyl groups excluding tert-OH is 1. The number of thiophene rings is 1. The Hall–Kier alpha value is -0.150. The first kappa shape index (κ1) is 20.9. The molecule has 0 bridgehead atoms. The van der Waals surface area contributed by atoms with Gasteiger partial charge in [0.1, 0.15) is 5.60 Å². The van der Waals surface area contributed by atoms with Gasteiger partial charge in [0, 0.05) is 35.5 Å². The van der Waals surface area contributed by atoms with Gasteiger partial charge in [-0.1, -0.05) is 0 Å². The molecule has 2 N–H and O–H groups in total. The van der Waals surface area contributed by atoms with Crippen LogP contribution < -0.4 is 5.32 Å². The molecule has 1 atom stereocenters. The number of ether oxygens (including phenoxy) is 1. The van der Waals surface area contributed by atoms with E-state index in [1.165, 1.54) is 9.78 Å². The largest absolute Gasteiger partial charge is 0.444 e. The minimum atomic E-state index is -0.591. The summed E-state index contributed by atoms with van der Waals surface area (Å²) in [5, 5.41) is 12.9. The van der Waals surface area contributed by atoms with Crippen LogP contribution in [0, 0.1) is 0 Å². The number of halogens is 2. The lowest BCUT2D eigenvalue weighted by Gasteiger charge is -2.28. The van der Waals surface area contributed by atoms with E-state index < -0.39 is 17.8 Å². The Morgan fingerprint density at radius 1 is 1.48 bits per heavy atom. The van der Waals surface area contributed by atoms with Crippen LogP contribution in [0.5, 0.6) is 0 Å². The molecule has 1 unspecified atom stereocenters. The number of hydrogen-bond acceptors (Lipinski definition) is 5. The maximum atomic E-state index is 12.2. The van der Waals surface area contributed by atoms with Crippen LogP contribution in [0.2, 0.25) is 0 Å². The topological polar surface area (TPSA) is 61.8 Å². The molecule has 1 amide bonds. The van der Waals surface area contributed by atoms with Crippen molar-refractivity contribution in [3.8, 4) is 0 Å². The second-order valence-electron chi connectivity index (χ2n) is 6.29. The minimum absolute atomic E-state index is 0.257. The molecule has 0 aliphatic rings. The second-order valence-corrected chi connectivity index (χ2v) is 9.60. The fraction of sp³-hybridized carbons (Fsp3) is 0.667. The van der Waals surface area contributed by atoms with Gasteiger partial charge >= 0.3 is 6.09 Å². The zero-order valence-corrected chi connectivity index (χ0v) is 17.8. The Bertz CT molecular complexity index is 496. The highest BCUT2D eigenvalue weighted by molar-refractivity contribution is 9.13. The molecular formula is C15H24Br2N2O3S. The predicted molar refractivity (Wildman–Crippen MR) is 101 cm³/mol. The van der Waals surface area contributed by atoms with Gasteiger partial charge in [0.05, 0.1) is 9.89 Å². The van der Waals surface area contributed by atoms with E-state index in [1.807, 2.05) is 20.8 Å². The van der Waals surface area contributed by atoms with Gasteiger partial charge in [-0.3, -0.25) is 0 Å². The number of amides is 1. The quantitative estimate of drug-likeness (QED) is 0.590. The van der Waals surface area contributed by atoms with Gasteiger partial charge in [-0.2, -0.15) is 0 Å². The van der Waals surface area contributed by atoms with E-state index in [4.69, 9.17) is 4.74 Å². The van der Waals surface area contributed by atoms with Crippen molar-refractivity contribution in [1.29, 1.82) is 0 Å². The summed E-state index contributed by atoms with van der Waals surface area (Å²) in [6.07, 6.45) is -0.992. The summed E-state index contributed by atoms with van der Waals surface area (Å²) in [6, 6.07) is 2.06. The van der Waals surface area contributed by atoms with Crippen molar-refractivity contribution < 1.29 is 14.6 Å². The number of carbonyl (C=O) groups excluding carboxylic acids is 1. The molecule has 23 heavy (non-hydrogen) atoms. The summed E-state index contributed by atoms with van der Waals surface area (Å²) in [5.41, 5.74) is -0.545. The van der Waals surface area contributed by atoms with E-state index >= 15 is 0 Å². The standard InChI is InChI=1S/C15H24Br2N2O3S/c1-10(20)9-19(14(21)22-15(2,3)4)6-5-18-8-11-7-12(16)13(17)23-11/h7,10,18,20H,5-6,8-9H2,1-4H3. The normalized spacial score (nSPS) is 13.0. The van der Waals surface area contributed by atoms with Crippen molar-refractivity contribution in [2.24, 2.45) is 0 Å². The monoisotopic (exact) mass is 470 g/mol. The van der Waals surface area contributed by atoms with Gasteiger partial charge in [-0.15, -0.1) is 11.3 Å². The summed E-state index contributed by atoms with van der Waals surface area (Å²) in [5.74, 6) is 0. The first-order valence-electron chi connectivity index (χ1n) is 7.39. The zero-order valence-electron chi connectivity index (χ0n) is 13.9. The molecule has 0 saturated heterocycles. The highest BCUT2D eigenvalue weighted by Gasteiger charge is 2.22. The second kappa shape index (κ2) is 9.36. The van der Waals surface area contributed by atoms with Crippen LogP contribution in [0.1, 0.15) is 32.6 Å². The lowest BCUT2D eigenvalue weighted by molar-refractivity contribution is 0.0164. The third-order valence-electron chi connectivity index (χ3n) is 2.69. The van der Waals surface area contributed by atoms with Crippen molar-refractivity contribution in [2.75, 3.05) is 19.6 Å². The lowest BCUT2D eigenvalue weighted by Crippen LogP contribution is -2.43. The van der Waals surface area contributed by atoms with Crippen molar-refractivity contribution in [3.63, 3.8) is 0 Å². The van der Waals surface area contributed by atoms with Crippen LogP contribution in [0.15, 0.2) is 14.3 Å². The average Bonchev–Trinajstić information content (AvgIpc) is 2.70. The number of hydrogen-bond donors (Lipinski definition) is 2. The van der Waals surface area contributed by atoms with Gasteiger partial charge in [-0.05, 0) is 65.6 Å². The molecule has 132 valence electrons. The van der Waals surface area contributed by atoms with Crippen molar-refractivity contribution in [1.82, 2.24) is 10.2 Å². The van der Waals surface area contributed by atoms with E-state index in [0.717, 1.165) is 14.8 Å². The van der Waals surface area contributed by atoms with Crippen LogP contribution in [0.4, 0.5) is 4.79 Å². The first-order valence-corrected chi connectivity index (χ1v) is 9.79. The van der Waals surface area contributed by atoms with Crippen molar-refractivity contribution in [2.45, 2.75) is 45.9 Å². The highest BCUT2D eigenvalue weighted by Crippen LogP contribution is 2.32. The summed E-state index contributed by atoms with van der Waals surface area (Å²) < 4.78 is 7.49. The van der Waals surface area contributed by atoms with Gasteiger partial charge in [0.2, 0.25) is 0 Å². The van der Waals surface area contributed by atoms with Crippen LogP contribution in [0.3, 0.4) is 0 Å². The van der Waals surface area contributed by atoms with E-state index in [9.17, 15) is 9.90 Å². The van der Waals surface area contributed by atoms with Crippen LogP contribution >= 0.6 is 43.2 Å². The SMILES string of the molecule is CC(O)CN(CCNCc1cc(Br)c(Br)s1)C(=O)OC(C)(C)C. The summed E-state index contributed by atoms with van der Waals surface area (Å²) in [7, 11) is 0. The Balaban J connectivity index is 2.46. The maximum Gasteiger partial charge on any atom is 0.410 e. The fourth-order valence-electron chi connectivity index (χ4n) is 1.81. The average molecular weight is 472 g/mol. The van der Waals surface area contributed by atoms with E-state index in [0.29, 0.717) is 13.1 Å². The van der Waals surface area contributed by atoms with E-state index in [2.05, 4.69) is 43.2 Å². The molecule has 0 aromatic carbocycles. The molecule has 0 saturated carbocycles. The van der Waals surface area contributed by atoms with E-state index in [-0.39, 0.29) is 6.54 Å². The summed E-state index contributed by atoms with van der Waals surface area (Å²) in [4.78, 5) is 14.9. The van der Waals surface area contributed by atoms with Gasteiger partial charge in [0.15, 0.2) is 0 Å². The number of nitrogens with zero attached hydrogens (tertiary/aromatic N) is 1. The smallest absolute Gasteiger partial charge is 0.410 e. The van der Waals surface area contributed by atoms with Gasteiger partial charge < -0.3 is 20.1 Å². The molecule has 1 heterocycles. The third kappa shape index (κ3) is 8.49. The highest BCUT2D eigenvalue weighted by atomic mass is 79.9. The third-order valence-corrected chi connectivity index (χ3v) is 5.95. The van der Waals surface area contributed by atoms with Crippen molar-refractivity contribution in [3.05, 3.63) is 19.2 Å². The number of carbonyl (C=O) groups is 1. The fourth-order valence-corrected chi connectivity index (χ4v) is 3.95. The van der Waals surface area contributed by atoms with Crippen LogP contribution in [-0.2, 0) is 11.3 Å². The van der Waals surface area contributed by atoms with Gasteiger partial charge in [-0.25, -0.2) is 4.79 Å². The predicted octanol–water partition coefficient (Wildman–Crippen LogP) is 3.98. The Labute approximate surface area is 158 Å². The molecule has 0 aliphatic carbocycles. The number of nitrogens with one attached hydrogen (secondary N) is 1. The molecule has 0 radical (unpaired) electrons. The molecule has 0 fully saturated rings. The molecule has 0 spiro atoms. The Morgan fingerprint density at radius 3 is 2.61 bits per heavy atom. The molecule has 1 aromatic heterocycles. The minimum Gasteiger partial charge on any atom is -0.444 e. The van der Waals surface area contributed by atoms with Crippen LogP contribution in [0.25, 0.3) is 0 Å². The molecule has 8 heteroatoms. The Morgan fingerprint density at radius 2 is 2.13 bits per heavy atom. The molecule has 1 rings (SSSR count). The Kier molecular flexibility index (Phi) is 8.51.